The van der Waals surface area contributed by atoms with E-state index in [4.69, 9.17) is 8.85 Å². The van der Waals surface area contributed by atoms with E-state index in [1.54, 1.807) is 0 Å². The van der Waals surface area contributed by atoms with Gasteiger partial charge >= 0.3 is 5.97 Å². The van der Waals surface area contributed by atoms with Crippen molar-refractivity contribution in [3.63, 3.8) is 0 Å². The molecule has 0 spiro atoms. The fraction of sp³-hybridized carbons (Fsp3) is 0.962. The molecule has 5 heteroatoms. The normalized spacial score (nSPS) is 14.5. The minimum atomic E-state index is -2.15. The van der Waals surface area contributed by atoms with E-state index in [1.807, 2.05) is 0 Å². The predicted molar refractivity (Wildman–Crippen MR) is 142 cm³/mol. The van der Waals surface area contributed by atoms with Crippen molar-refractivity contribution in [2.24, 2.45) is 0 Å². The standard InChI is InChI=1S/C26H56O3Si2/c1-12-13-14-15-16-17-18-19-20-21-22-23(28-30(8,9)25(2,3)4)24(27)29-31(10,11)26(5,6)7/h23H,12-22H2,1-11H3. The molecular weight excluding hydrogens is 416 g/mol. The molecule has 0 aliphatic carbocycles. The number of carbonyl (C=O) groups excluding carboxylic acids is 1. The second-order valence-electron chi connectivity index (χ2n) is 12.5. The molecule has 0 aliphatic heterocycles. The summed E-state index contributed by atoms with van der Waals surface area (Å²) in [7, 11) is -4.18. The summed E-state index contributed by atoms with van der Waals surface area (Å²) >= 11 is 0. The topological polar surface area (TPSA) is 35.5 Å². The van der Waals surface area contributed by atoms with E-state index in [2.05, 4.69) is 74.7 Å². The van der Waals surface area contributed by atoms with Crippen molar-refractivity contribution in [3.05, 3.63) is 0 Å². The Labute approximate surface area is 197 Å². The Morgan fingerprint density at radius 2 is 1.06 bits per heavy atom. The lowest BCUT2D eigenvalue weighted by Crippen LogP contribution is -2.50. The highest BCUT2D eigenvalue weighted by Crippen LogP contribution is 2.40. The van der Waals surface area contributed by atoms with Crippen LogP contribution in [0.2, 0.25) is 36.3 Å². The zero-order valence-corrected chi connectivity index (χ0v) is 25.1. The van der Waals surface area contributed by atoms with Crippen molar-refractivity contribution in [1.29, 1.82) is 0 Å². The van der Waals surface area contributed by atoms with Gasteiger partial charge in [-0.05, 0) is 42.7 Å². The van der Waals surface area contributed by atoms with Gasteiger partial charge in [0, 0.05) is 0 Å². The van der Waals surface area contributed by atoms with Crippen LogP contribution in [0.1, 0.15) is 119 Å². The van der Waals surface area contributed by atoms with Crippen LogP contribution in [0.4, 0.5) is 0 Å². The number of hydrogen-bond donors (Lipinski definition) is 0. The molecule has 0 heterocycles. The lowest BCUT2D eigenvalue weighted by atomic mass is 10.0. The van der Waals surface area contributed by atoms with Crippen LogP contribution in [-0.4, -0.2) is 28.7 Å². The molecule has 0 saturated heterocycles. The Morgan fingerprint density at radius 3 is 1.45 bits per heavy atom. The van der Waals surface area contributed by atoms with Gasteiger partial charge in [0.05, 0.1) is 0 Å². The van der Waals surface area contributed by atoms with E-state index in [9.17, 15) is 4.79 Å². The van der Waals surface area contributed by atoms with E-state index < -0.39 is 22.7 Å². The Hall–Kier alpha value is -0.136. The molecule has 1 unspecified atom stereocenters. The second-order valence-corrected chi connectivity index (χ2v) is 22.0. The second kappa shape index (κ2) is 13.5. The van der Waals surface area contributed by atoms with Crippen LogP contribution < -0.4 is 0 Å². The van der Waals surface area contributed by atoms with E-state index in [-0.39, 0.29) is 16.0 Å². The lowest BCUT2D eigenvalue weighted by Gasteiger charge is -2.41. The molecule has 31 heavy (non-hydrogen) atoms. The molecule has 0 aromatic heterocycles. The third-order valence-electron chi connectivity index (χ3n) is 7.49. The molecule has 0 aromatic carbocycles. The first-order chi connectivity index (χ1) is 14.0. The van der Waals surface area contributed by atoms with Crippen LogP contribution in [0.5, 0.6) is 0 Å². The maximum Gasteiger partial charge on any atom is 0.320 e. The summed E-state index contributed by atoms with van der Waals surface area (Å²) in [5.74, 6) is -0.118. The van der Waals surface area contributed by atoms with Crippen LogP contribution >= 0.6 is 0 Å². The van der Waals surface area contributed by atoms with Gasteiger partial charge in [-0.25, -0.2) is 0 Å². The zero-order chi connectivity index (χ0) is 24.3. The maximum atomic E-state index is 13.2. The minimum Gasteiger partial charge on any atom is -0.517 e. The van der Waals surface area contributed by atoms with E-state index in [0.717, 1.165) is 12.8 Å². The molecule has 1 atom stereocenters. The van der Waals surface area contributed by atoms with Crippen LogP contribution in [0, 0.1) is 0 Å². The highest BCUT2D eigenvalue weighted by atomic mass is 28.4. The number of unbranched alkanes of at least 4 members (excludes halogenated alkanes) is 9. The Bertz CT molecular complexity index is 502. The summed E-state index contributed by atoms with van der Waals surface area (Å²) < 4.78 is 12.8. The molecule has 0 amide bonds. The molecule has 0 N–H and O–H groups in total. The van der Waals surface area contributed by atoms with Gasteiger partial charge in [-0.3, -0.25) is 4.79 Å². The first-order valence-corrected chi connectivity index (χ1v) is 18.8. The first kappa shape index (κ1) is 30.9. The van der Waals surface area contributed by atoms with E-state index >= 15 is 0 Å². The fourth-order valence-corrected chi connectivity index (χ4v) is 5.26. The molecule has 0 aromatic rings. The van der Waals surface area contributed by atoms with E-state index in [1.165, 1.54) is 57.8 Å². The average molecular weight is 473 g/mol. The fourth-order valence-electron chi connectivity index (χ4n) is 3.04. The van der Waals surface area contributed by atoms with Gasteiger partial charge in [0.1, 0.15) is 6.10 Å². The van der Waals surface area contributed by atoms with Gasteiger partial charge in [-0.1, -0.05) is 113 Å². The summed E-state index contributed by atoms with van der Waals surface area (Å²) in [6.45, 7) is 24.3. The molecule has 0 saturated carbocycles. The monoisotopic (exact) mass is 472 g/mol. The third kappa shape index (κ3) is 12.1. The van der Waals surface area contributed by atoms with Crippen molar-refractivity contribution >= 4 is 22.6 Å². The molecule has 3 nitrogen and oxygen atoms in total. The Balaban J connectivity index is 4.76. The summed E-state index contributed by atoms with van der Waals surface area (Å²) in [6.07, 6.45) is 13.4. The van der Waals surface area contributed by atoms with Crippen molar-refractivity contribution in [1.82, 2.24) is 0 Å². The van der Waals surface area contributed by atoms with Gasteiger partial charge in [-0.15, -0.1) is 0 Å². The minimum absolute atomic E-state index is 0.0152. The molecule has 0 fully saturated rings. The molecule has 186 valence electrons. The molecular formula is C26H56O3Si2. The van der Waals surface area contributed by atoms with Gasteiger partial charge in [0.2, 0.25) is 0 Å². The van der Waals surface area contributed by atoms with E-state index in [0.29, 0.717) is 0 Å². The Kier molecular flexibility index (Phi) is 13.5. The third-order valence-corrected chi connectivity index (χ3v) is 16.3. The van der Waals surface area contributed by atoms with Crippen LogP contribution in [0.25, 0.3) is 0 Å². The molecule has 0 bridgehead atoms. The van der Waals surface area contributed by atoms with Gasteiger partial charge in [0.15, 0.2) is 8.32 Å². The molecule has 0 rings (SSSR count). The van der Waals surface area contributed by atoms with Crippen molar-refractivity contribution < 1.29 is 13.6 Å². The van der Waals surface area contributed by atoms with Gasteiger partial charge in [0.25, 0.3) is 8.32 Å². The zero-order valence-electron chi connectivity index (χ0n) is 23.1. The van der Waals surface area contributed by atoms with Crippen molar-refractivity contribution in [3.8, 4) is 0 Å². The predicted octanol–water partition coefficient (Wildman–Crippen LogP) is 9.24. The first-order valence-electron chi connectivity index (χ1n) is 13.0. The van der Waals surface area contributed by atoms with Gasteiger partial charge in [-0.2, -0.15) is 0 Å². The van der Waals surface area contributed by atoms with Gasteiger partial charge < -0.3 is 8.85 Å². The Morgan fingerprint density at radius 1 is 0.677 bits per heavy atom. The van der Waals surface area contributed by atoms with Crippen LogP contribution in [0.15, 0.2) is 0 Å². The van der Waals surface area contributed by atoms with Crippen LogP contribution in [-0.2, 0) is 13.6 Å². The summed E-state index contributed by atoms with van der Waals surface area (Å²) in [5.41, 5.74) is 0. The largest absolute Gasteiger partial charge is 0.517 e. The smallest absolute Gasteiger partial charge is 0.320 e. The summed E-state index contributed by atoms with van der Waals surface area (Å²) in [4.78, 5) is 13.2. The highest BCUT2D eigenvalue weighted by Gasteiger charge is 2.44. The number of carbonyl (C=O) groups is 1. The molecule has 0 radical (unpaired) electrons. The average Bonchev–Trinajstić information content (AvgIpc) is 2.59. The number of hydrogen-bond acceptors (Lipinski definition) is 3. The SMILES string of the molecule is CCCCCCCCCCCCC(O[Si](C)(C)C(C)(C)C)C(=O)O[Si](C)(C)C(C)(C)C. The van der Waals surface area contributed by atoms with Crippen molar-refractivity contribution in [2.45, 2.75) is 161 Å². The van der Waals surface area contributed by atoms with Crippen LogP contribution in [0.3, 0.4) is 0 Å². The highest BCUT2D eigenvalue weighted by molar-refractivity contribution is 6.76. The number of rotatable bonds is 15. The summed E-state index contributed by atoms with van der Waals surface area (Å²) in [5, 5.41) is 0.0988. The van der Waals surface area contributed by atoms with Crippen molar-refractivity contribution in [2.75, 3.05) is 0 Å². The quantitative estimate of drug-likeness (QED) is 0.176. The molecule has 0 aliphatic rings. The lowest BCUT2D eigenvalue weighted by molar-refractivity contribution is -0.144. The summed E-state index contributed by atoms with van der Waals surface area (Å²) in [6, 6.07) is 0. The maximum absolute atomic E-state index is 13.2.